The van der Waals surface area contributed by atoms with E-state index in [9.17, 15) is 4.79 Å². The van der Waals surface area contributed by atoms with Gasteiger partial charge >= 0.3 is 0 Å². The molecule has 0 aliphatic carbocycles. The Bertz CT molecular complexity index is 285. The van der Waals surface area contributed by atoms with Gasteiger partial charge in [0.15, 0.2) is 5.82 Å². The van der Waals surface area contributed by atoms with Crippen molar-refractivity contribution in [1.29, 1.82) is 0 Å². The fourth-order valence-corrected chi connectivity index (χ4v) is 0.864. The number of nitrogens with one attached hydrogen (secondary N) is 1. The predicted molar refractivity (Wildman–Crippen MR) is 44.4 cm³/mol. The zero-order valence-electron chi connectivity index (χ0n) is 6.80. The third-order valence-electron chi connectivity index (χ3n) is 1.50. The number of halogens is 1. The van der Waals surface area contributed by atoms with E-state index in [-0.39, 0.29) is 16.8 Å². The average molecular weight is 189 g/mol. The minimum absolute atomic E-state index is 0.204. The summed E-state index contributed by atoms with van der Waals surface area (Å²) < 4.78 is 4.82. The molecule has 1 aromatic rings. The summed E-state index contributed by atoms with van der Waals surface area (Å²) in [5, 5.41) is 0.279. The first kappa shape index (κ1) is 9.22. The SMILES string of the molecule is CO[C@@H](C)C(=O)c1nc(Cl)c[nH]1. The summed E-state index contributed by atoms with van der Waals surface area (Å²) in [6, 6.07) is 0. The van der Waals surface area contributed by atoms with Gasteiger partial charge in [-0.15, -0.1) is 0 Å². The van der Waals surface area contributed by atoms with Crippen molar-refractivity contribution in [1.82, 2.24) is 9.97 Å². The number of Topliss-reactive ketones (excluding diaryl/α,β-unsaturated/α-hetero) is 1. The smallest absolute Gasteiger partial charge is 0.226 e. The van der Waals surface area contributed by atoms with Crippen LogP contribution in [-0.4, -0.2) is 29.0 Å². The molecule has 4 nitrogen and oxygen atoms in total. The molecule has 0 aromatic carbocycles. The summed E-state index contributed by atoms with van der Waals surface area (Å²) in [5.74, 6) is 0.0266. The van der Waals surface area contributed by atoms with Gasteiger partial charge < -0.3 is 9.72 Å². The molecule has 0 fully saturated rings. The van der Waals surface area contributed by atoms with Crippen molar-refractivity contribution in [3.63, 3.8) is 0 Å². The van der Waals surface area contributed by atoms with E-state index in [1.165, 1.54) is 13.3 Å². The van der Waals surface area contributed by atoms with Gasteiger partial charge in [-0.25, -0.2) is 4.98 Å². The largest absolute Gasteiger partial charge is 0.373 e. The first-order valence-electron chi connectivity index (χ1n) is 3.43. The van der Waals surface area contributed by atoms with Crippen molar-refractivity contribution in [2.75, 3.05) is 7.11 Å². The molecule has 0 aliphatic heterocycles. The van der Waals surface area contributed by atoms with Crippen LogP contribution in [0.1, 0.15) is 17.5 Å². The second kappa shape index (κ2) is 3.69. The maximum Gasteiger partial charge on any atom is 0.226 e. The van der Waals surface area contributed by atoms with Gasteiger partial charge in [0.2, 0.25) is 5.78 Å². The number of rotatable bonds is 3. The topological polar surface area (TPSA) is 55.0 Å². The summed E-state index contributed by atoms with van der Waals surface area (Å²) in [4.78, 5) is 17.7. The number of aromatic amines is 1. The Morgan fingerprint density at radius 2 is 2.50 bits per heavy atom. The van der Waals surface area contributed by atoms with Crippen molar-refractivity contribution in [2.45, 2.75) is 13.0 Å². The lowest BCUT2D eigenvalue weighted by Crippen LogP contribution is -2.20. The van der Waals surface area contributed by atoms with E-state index < -0.39 is 6.10 Å². The zero-order valence-corrected chi connectivity index (χ0v) is 7.55. The van der Waals surface area contributed by atoms with Crippen LogP contribution in [-0.2, 0) is 4.74 Å². The summed E-state index contributed by atoms with van der Waals surface area (Å²) in [6.45, 7) is 1.65. The molecule has 0 saturated carbocycles. The summed E-state index contributed by atoms with van der Waals surface area (Å²) >= 11 is 5.52. The van der Waals surface area contributed by atoms with Gasteiger partial charge in [-0.3, -0.25) is 4.79 Å². The molecule has 1 aromatic heterocycles. The molecule has 1 N–H and O–H groups in total. The van der Waals surface area contributed by atoms with E-state index in [2.05, 4.69) is 9.97 Å². The van der Waals surface area contributed by atoms with Crippen LogP contribution in [0.15, 0.2) is 6.20 Å². The average Bonchev–Trinajstić information content (AvgIpc) is 2.49. The lowest BCUT2D eigenvalue weighted by Gasteiger charge is -2.04. The Kier molecular flexibility index (Phi) is 2.83. The molecular weight excluding hydrogens is 180 g/mol. The fraction of sp³-hybridized carbons (Fsp3) is 0.429. The van der Waals surface area contributed by atoms with Crippen LogP contribution in [0.5, 0.6) is 0 Å². The lowest BCUT2D eigenvalue weighted by atomic mass is 10.2. The van der Waals surface area contributed by atoms with Gasteiger partial charge in [-0.1, -0.05) is 11.6 Å². The third kappa shape index (κ3) is 1.84. The van der Waals surface area contributed by atoms with Crippen molar-refractivity contribution < 1.29 is 9.53 Å². The molecule has 1 atom stereocenters. The number of carbonyl (C=O) groups excluding carboxylic acids is 1. The number of H-pyrrole nitrogens is 1. The van der Waals surface area contributed by atoms with Crippen LogP contribution in [0.2, 0.25) is 5.15 Å². The van der Waals surface area contributed by atoms with Gasteiger partial charge in [0.25, 0.3) is 0 Å². The molecule has 1 rings (SSSR count). The van der Waals surface area contributed by atoms with Crippen LogP contribution in [0.4, 0.5) is 0 Å². The number of hydrogen-bond donors (Lipinski definition) is 1. The van der Waals surface area contributed by atoms with Crippen LogP contribution in [0.25, 0.3) is 0 Å². The van der Waals surface area contributed by atoms with Crippen molar-refractivity contribution in [2.24, 2.45) is 0 Å². The van der Waals surface area contributed by atoms with Gasteiger partial charge in [-0.05, 0) is 6.92 Å². The van der Waals surface area contributed by atoms with E-state index >= 15 is 0 Å². The molecule has 5 heteroatoms. The first-order valence-corrected chi connectivity index (χ1v) is 3.81. The lowest BCUT2D eigenvalue weighted by molar-refractivity contribution is 0.0646. The Balaban J connectivity index is 2.78. The van der Waals surface area contributed by atoms with E-state index in [0.29, 0.717) is 0 Å². The highest BCUT2D eigenvalue weighted by molar-refractivity contribution is 6.29. The Labute approximate surface area is 74.9 Å². The molecule has 0 bridgehead atoms. The number of ether oxygens (including phenoxy) is 1. The highest BCUT2D eigenvalue weighted by Crippen LogP contribution is 2.06. The second-order valence-corrected chi connectivity index (χ2v) is 2.70. The highest BCUT2D eigenvalue weighted by Gasteiger charge is 2.17. The molecule has 0 spiro atoms. The monoisotopic (exact) mass is 188 g/mol. The van der Waals surface area contributed by atoms with E-state index in [1.54, 1.807) is 6.92 Å². The Morgan fingerprint density at radius 1 is 1.83 bits per heavy atom. The minimum Gasteiger partial charge on any atom is -0.373 e. The first-order chi connectivity index (χ1) is 5.65. The molecule has 0 aliphatic rings. The third-order valence-corrected chi connectivity index (χ3v) is 1.70. The van der Waals surface area contributed by atoms with Gasteiger partial charge in [0.1, 0.15) is 11.3 Å². The van der Waals surface area contributed by atoms with Crippen molar-refractivity contribution in [3.8, 4) is 0 Å². The van der Waals surface area contributed by atoms with Gasteiger partial charge in [0.05, 0.1) is 0 Å². The van der Waals surface area contributed by atoms with Crippen LogP contribution >= 0.6 is 11.6 Å². The normalized spacial score (nSPS) is 12.9. The molecule has 0 radical (unpaired) electrons. The number of methoxy groups -OCH3 is 1. The molecule has 66 valence electrons. The van der Waals surface area contributed by atoms with Crippen LogP contribution in [0.3, 0.4) is 0 Å². The molecule has 0 saturated heterocycles. The van der Waals surface area contributed by atoms with Crippen molar-refractivity contribution >= 4 is 17.4 Å². The number of carbonyl (C=O) groups is 1. The summed E-state index contributed by atoms with van der Waals surface area (Å²) in [6.07, 6.45) is 0.962. The minimum atomic E-state index is -0.493. The standard InChI is InChI=1S/C7H9ClN2O2/c1-4(12-2)6(11)7-9-3-5(8)10-7/h3-4H,1-2H3,(H,9,10)/t4-/m0/s1. The van der Waals surface area contributed by atoms with E-state index in [4.69, 9.17) is 16.3 Å². The molecule has 0 unspecified atom stereocenters. The predicted octanol–water partition coefficient (Wildman–Crippen LogP) is 1.28. The zero-order chi connectivity index (χ0) is 9.14. The number of hydrogen-bond acceptors (Lipinski definition) is 3. The number of aromatic nitrogens is 2. The highest BCUT2D eigenvalue weighted by atomic mass is 35.5. The van der Waals surface area contributed by atoms with Gasteiger partial charge in [-0.2, -0.15) is 0 Å². The summed E-state index contributed by atoms with van der Waals surface area (Å²) in [5.41, 5.74) is 0. The number of imidazole rings is 1. The molecule has 12 heavy (non-hydrogen) atoms. The van der Waals surface area contributed by atoms with Gasteiger partial charge in [0, 0.05) is 13.3 Å². The molecule has 1 heterocycles. The van der Waals surface area contributed by atoms with E-state index in [1.807, 2.05) is 0 Å². The quantitative estimate of drug-likeness (QED) is 0.728. The van der Waals surface area contributed by atoms with E-state index in [0.717, 1.165) is 0 Å². The number of ketones is 1. The maximum absolute atomic E-state index is 11.3. The maximum atomic E-state index is 11.3. The number of nitrogens with zero attached hydrogens (tertiary/aromatic N) is 1. The van der Waals surface area contributed by atoms with Crippen LogP contribution in [0, 0.1) is 0 Å². The Hall–Kier alpha value is -0.870. The van der Waals surface area contributed by atoms with Crippen molar-refractivity contribution in [3.05, 3.63) is 17.2 Å². The molecule has 0 amide bonds. The van der Waals surface area contributed by atoms with Crippen LogP contribution < -0.4 is 0 Å². The second-order valence-electron chi connectivity index (χ2n) is 2.31. The Morgan fingerprint density at radius 3 is 2.92 bits per heavy atom. The summed E-state index contributed by atoms with van der Waals surface area (Å²) in [7, 11) is 1.47. The fourth-order valence-electron chi connectivity index (χ4n) is 0.725. The molecular formula is C7H9ClN2O2.